The molecule has 1 aliphatic rings. The first kappa shape index (κ1) is 18.4. The van der Waals surface area contributed by atoms with Crippen molar-refractivity contribution in [3.05, 3.63) is 12.4 Å². The number of hydrogen-bond acceptors (Lipinski definition) is 5. The number of nitrogens with zero attached hydrogens (tertiary/aromatic N) is 4. The Labute approximate surface area is 138 Å². The van der Waals surface area contributed by atoms with Crippen LogP contribution in [0.15, 0.2) is 17.3 Å². The van der Waals surface area contributed by atoms with Crippen molar-refractivity contribution in [1.82, 2.24) is 18.4 Å². The predicted octanol–water partition coefficient (Wildman–Crippen LogP) is 0.246. The van der Waals surface area contributed by atoms with Crippen molar-refractivity contribution in [2.75, 3.05) is 31.9 Å². The Kier molecular flexibility index (Phi) is 5.82. The normalized spacial score (nSPS) is 18.9. The van der Waals surface area contributed by atoms with Gasteiger partial charge in [-0.25, -0.2) is 21.1 Å². The summed E-state index contributed by atoms with van der Waals surface area (Å²) in [5, 5.41) is 3.89. The van der Waals surface area contributed by atoms with E-state index in [2.05, 4.69) is 5.10 Å². The Morgan fingerprint density at radius 2 is 1.74 bits per heavy atom. The molecule has 23 heavy (non-hydrogen) atoms. The first-order valence-electron chi connectivity index (χ1n) is 7.74. The number of aromatic nitrogens is 2. The van der Waals surface area contributed by atoms with Crippen molar-refractivity contribution in [2.24, 2.45) is 7.05 Å². The van der Waals surface area contributed by atoms with Crippen LogP contribution in [0.1, 0.15) is 26.2 Å². The fourth-order valence-electron chi connectivity index (χ4n) is 2.53. The topological polar surface area (TPSA) is 92.6 Å². The zero-order valence-corrected chi connectivity index (χ0v) is 15.2. The number of rotatable bonds is 6. The quantitative estimate of drug-likeness (QED) is 0.721. The minimum atomic E-state index is -3.62. The molecule has 0 N–H and O–H groups in total. The SMILES string of the molecule is CCCCS(=O)(=O)N1CCCN(S(=O)(=O)c2cnn(C)c2)CC1. The van der Waals surface area contributed by atoms with Crippen molar-refractivity contribution < 1.29 is 16.8 Å². The Morgan fingerprint density at radius 3 is 2.35 bits per heavy atom. The second-order valence-electron chi connectivity index (χ2n) is 5.68. The van der Waals surface area contributed by atoms with E-state index < -0.39 is 20.0 Å². The zero-order chi connectivity index (χ0) is 17.1. The summed E-state index contributed by atoms with van der Waals surface area (Å²) in [7, 11) is -5.27. The average Bonchev–Trinajstić information content (AvgIpc) is 2.77. The molecule has 0 saturated carbocycles. The van der Waals surface area contributed by atoms with Crippen LogP contribution in [0.2, 0.25) is 0 Å². The molecular formula is C13H24N4O4S2. The van der Waals surface area contributed by atoms with Gasteiger partial charge >= 0.3 is 0 Å². The summed E-state index contributed by atoms with van der Waals surface area (Å²) in [6.45, 7) is 3.00. The Hall–Kier alpha value is -0.970. The van der Waals surface area contributed by atoms with E-state index in [1.54, 1.807) is 7.05 Å². The molecule has 2 heterocycles. The van der Waals surface area contributed by atoms with Gasteiger partial charge in [-0.2, -0.15) is 9.40 Å². The molecule has 1 aliphatic heterocycles. The highest BCUT2D eigenvalue weighted by molar-refractivity contribution is 7.89. The predicted molar refractivity (Wildman–Crippen MR) is 86.9 cm³/mol. The first-order chi connectivity index (χ1) is 10.8. The number of hydrogen-bond donors (Lipinski definition) is 0. The molecule has 2 rings (SSSR count). The number of aryl methyl sites for hydroxylation is 1. The highest BCUT2D eigenvalue weighted by atomic mass is 32.2. The van der Waals surface area contributed by atoms with Gasteiger partial charge in [-0.05, 0) is 12.8 Å². The molecule has 8 nitrogen and oxygen atoms in total. The van der Waals surface area contributed by atoms with Crippen LogP contribution in [0.3, 0.4) is 0 Å². The van der Waals surface area contributed by atoms with E-state index in [9.17, 15) is 16.8 Å². The van der Waals surface area contributed by atoms with E-state index in [0.717, 1.165) is 6.42 Å². The van der Waals surface area contributed by atoms with Gasteiger partial charge in [0.15, 0.2) is 0 Å². The maximum atomic E-state index is 12.6. The molecule has 1 fully saturated rings. The third kappa shape index (κ3) is 4.31. The fourth-order valence-corrected chi connectivity index (χ4v) is 5.66. The van der Waals surface area contributed by atoms with Crippen LogP contribution in [0.25, 0.3) is 0 Å². The van der Waals surface area contributed by atoms with Gasteiger partial charge in [0.1, 0.15) is 4.90 Å². The molecule has 0 radical (unpaired) electrons. The summed E-state index contributed by atoms with van der Waals surface area (Å²) in [6, 6.07) is 0. The highest BCUT2D eigenvalue weighted by Gasteiger charge is 2.31. The van der Waals surface area contributed by atoms with Crippen LogP contribution >= 0.6 is 0 Å². The van der Waals surface area contributed by atoms with Crippen LogP contribution in [0.5, 0.6) is 0 Å². The highest BCUT2D eigenvalue weighted by Crippen LogP contribution is 2.18. The smallest absolute Gasteiger partial charge is 0.246 e. The van der Waals surface area contributed by atoms with Crippen molar-refractivity contribution in [3.63, 3.8) is 0 Å². The van der Waals surface area contributed by atoms with Crippen LogP contribution in [0.4, 0.5) is 0 Å². The molecular weight excluding hydrogens is 340 g/mol. The largest absolute Gasteiger partial charge is 0.274 e. The maximum absolute atomic E-state index is 12.6. The van der Waals surface area contributed by atoms with Crippen molar-refractivity contribution in [2.45, 2.75) is 31.1 Å². The van der Waals surface area contributed by atoms with Crippen molar-refractivity contribution in [1.29, 1.82) is 0 Å². The standard InChI is InChI=1S/C13H24N4O4S2/c1-3-4-10-22(18,19)16-6-5-7-17(9-8-16)23(20,21)13-11-14-15(2)12-13/h11-12H,3-10H2,1-2H3. The minimum Gasteiger partial charge on any atom is -0.274 e. The molecule has 1 aromatic heterocycles. The second-order valence-corrected chi connectivity index (χ2v) is 9.70. The molecule has 0 bridgehead atoms. The summed E-state index contributed by atoms with van der Waals surface area (Å²) in [5.41, 5.74) is 0. The van der Waals surface area contributed by atoms with Crippen molar-refractivity contribution in [3.8, 4) is 0 Å². The van der Waals surface area contributed by atoms with Crippen LogP contribution < -0.4 is 0 Å². The lowest BCUT2D eigenvalue weighted by molar-refractivity contribution is 0.404. The Morgan fingerprint density at radius 1 is 1.09 bits per heavy atom. The number of sulfonamides is 2. The Balaban J connectivity index is 2.09. The van der Waals surface area contributed by atoms with Crippen molar-refractivity contribution >= 4 is 20.0 Å². The summed E-state index contributed by atoms with van der Waals surface area (Å²) in [4.78, 5) is 0.141. The van der Waals surface area contributed by atoms with Gasteiger partial charge in [0.2, 0.25) is 20.0 Å². The Bertz CT molecular complexity index is 727. The first-order valence-corrected chi connectivity index (χ1v) is 10.8. The van der Waals surface area contributed by atoms with Gasteiger partial charge < -0.3 is 0 Å². The van der Waals surface area contributed by atoms with E-state index in [4.69, 9.17) is 0 Å². The van der Waals surface area contributed by atoms with Gasteiger partial charge in [-0.1, -0.05) is 13.3 Å². The molecule has 0 spiro atoms. The zero-order valence-electron chi connectivity index (χ0n) is 13.5. The molecule has 10 heteroatoms. The molecule has 0 aliphatic carbocycles. The molecule has 0 unspecified atom stereocenters. The lowest BCUT2D eigenvalue weighted by atomic mass is 10.4. The molecule has 0 atom stereocenters. The van der Waals surface area contributed by atoms with Gasteiger partial charge in [0.25, 0.3) is 0 Å². The third-order valence-corrected chi connectivity index (χ3v) is 7.69. The van der Waals surface area contributed by atoms with Gasteiger partial charge in [0.05, 0.1) is 11.9 Å². The molecule has 132 valence electrons. The minimum absolute atomic E-state index is 0.124. The van der Waals surface area contributed by atoms with E-state index in [0.29, 0.717) is 25.9 Å². The summed E-state index contributed by atoms with van der Waals surface area (Å²) in [6.07, 6.45) is 4.70. The molecule has 1 saturated heterocycles. The van der Waals surface area contributed by atoms with Crippen LogP contribution in [0, 0.1) is 0 Å². The van der Waals surface area contributed by atoms with E-state index >= 15 is 0 Å². The maximum Gasteiger partial charge on any atom is 0.246 e. The molecule has 0 aromatic carbocycles. The lowest BCUT2D eigenvalue weighted by Crippen LogP contribution is -2.38. The summed E-state index contributed by atoms with van der Waals surface area (Å²) >= 11 is 0. The summed E-state index contributed by atoms with van der Waals surface area (Å²) in [5.74, 6) is 0.124. The molecule has 1 aromatic rings. The average molecular weight is 364 g/mol. The van der Waals surface area contributed by atoms with Crippen LogP contribution in [-0.2, 0) is 27.1 Å². The summed E-state index contributed by atoms with van der Waals surface area (Å²) < 4.78 is 53.9. The second kappa shape index (κ2) is 7.29. The lowest BCUT2D eigenvalue weighted by Gasteiger charge is -2.21. The van der Waals surface area contributed by atoms with E-state index in [1.807, 2.05) is 6.92 Å². The fraction of sp³-hybridized carbons (Fsp3) is 0.769. The monoisotopic (exact) mass is 364 g/mol. The third-order valence-electron chi connectivity index (χ3n) is 3.88. The van der Waals surface area contributed by atoms with Gasteiger partial charge in [-0.15, -0.1) is 0 Å². The number of unbranched alkanes of at least 4 members (excludes halogenated alkanes) is 1. The van der Waals surface area contributed by atoms with Gasteiger partial charge in [-0.3, -0.25) is 4.68 Å². The van der Waals surface area contributed by atoms with Gasteiger partial charge in [0, 0.05) is 39.4 Å². The van der Waals surface area contributed by atoms with E-state index in [-0.39, 0.29) is 23.7 Å². The van der Waals surface area contributed by atoms with E-state index in [1.165, 1.54) is 25.7 Å². The van der Waals surface area contributed by atoms with Crippen LogP contribution in [-0.4, -0.2) is 67.2 Å². The molecule has 0 amide bonds.